The van der Waals surface area contributed by atoms with Crippen LogP contribution in [-0.4, -0.2) is 0 Å². The average molecular weight is 180 g/mol. The first-order chi connectivity index (χ1) is 6.43. The molecule has 0 aliphatic heterocycles. The highest BCUT2D eigenvalue weighted by Gasteiger charge is 2.11. The van der Waals surface area contributed by atoms with Crippen molar-refractivity contribution in [1.29, 1.82) is 0 Å². The summed E-state index contributed by atoms with van der Waals surface area (Å²) in [6.07, 6.45) is 17.6. The molecule has 1 saturated carbocycles. The van der Waals surface area contributed by atoms with Gasteiger partial charge in [-0.3, -0.25) is 0 Å². The third-order valence-electron chi connectivity index (χ3n) is 3.19. The lowest BCUT2D eigenvalue weighted by molar-refractivity contribution is 0.330. The Labute approximate surface area is 83.4 Å². The maximum absolute atomic E-state index is 2.29. The van der Waals surface area contributed by atoms with Crippen molar-refractivity contribution in [2.45, 2.75) is 64.7 Å². The molecule has 1 aliphatic rings. The van der Waals surface area contributed by atoms with Crippen LogP contribution in [0, 0.1) is 5.92 Å². The van der Waals surface area contributed by atoms with Gasteiger partial charge in [-0.1, -0.05) is 57.1 Å². The molecule has 13 heavy (non-hydrogen) atoms. The Kier molecular flexibility index (Phi) is 5.97. The normalized spacial score (nSPS) is 19.8. The van der Waals surface area contributed by atoms with Gasteiger partial charge >= 0.3 is 0 Å². The van der Waals surface area contributed by atoms with Crippen LogP contribution in [0.1, 0.15) is 64.7 Å². The fraction of sp³-hybridized carbons (Fsp3) is 0.846. The molecule has 0 bridgehead atoms. The summed E-state index contributed by atoms with van der Waals surface area (Å²) >= 11 is 0. The first kappa shape index (κ1) is 10.8. The molecule has 0 heteroatoms. The van der Waals surface area contributed by atoms with E-state index in [1.54, 1.807) is 0 Å². The van der Waals surface area contributed by atoms with Crippen LogP contribution in [0.15, 0.2) is 12.2 Å². The highest BCUT2D eigenvalue weighted by Crippen LogP contribution is 2.27. The number of allylic oxidation sites excluding steroid dienone is 2. The molecule has 0 N–H and O–H groups in total. The number of unbranched alkanes of at least 4 members (excludes halogenated alkanes) is 2. The Hall–Kier alpha value is -0.260. The Bertz CT molecular complexity index is 129. The molecule has 76 valence electrons. The highest BCUT2D eigenvalue weighted by atomic mass is 14.2. The summed E-state index contributed by atoms with van der Waals surface area (Å²) < 4.78 is 0. The maximum Gasteiger partial charge on any atom is -0.0351 e. The third-order valence-corrected chi connectivity index (χ3v) is 3.19. The Morgan fingerprint density at radius 2 is 1.85 bits per heavy atom. The van der Waals surface area contributed by atoms with Gasteiger partial charge < -0.3 is 0 Å². The van der Waals surface area contributed by atoms with Crippen molar-refractivity contribution in [3.63, 3.8) is 0 Å². The second-order valence-electron chi connectivity index (χ2n) is 4.36. The monoisotopic (exact) mass is 180 g/mol. The molecule has 0 heterocycles. The fourth-order valence-corrected chi connectivity index (χ4v) is 2.34. The van der Waals surface area contributed by atoms with Crippen molar-refractivity contribution in [3.05, 3.63) is 12.2 Å². The van der Waals surface area contributed by atoms with E-state index in [1.165, 1.54) is 57.8 Å². The van der Waals surface area contributed by atoms with Gasteiger partial charge in [0.25, 0.3) is 0 Å². The third kappa shape index (κ3) is 5.13. The Balaban J connectivity index is 1.92. The molecule has 0 atom stereocenters. The lowest BCUT2D eigenvalue weighted by Gasteiger charge is -2.20. The lowest BCUT2D eigenvalue weighted by Crippen LogP contribution is -2.05. The van der Waals surface area contributed by atoms with Crippen molar-refractivity contribution >= 4 is 0 Å². The molecule has 0 aromatic carbocycles. The summed E-state index contributed by atoms with van der Waals surface area (Å²) in [6.45, 7) is 2.11. The van der Waals surface area contributed by atoms with Gasteiger partial charge in [0, 0.05) is 0 Å². The molecule has 0 aromatic rings. The van der Waals surface area contributed by atoms with Crippen LogP contribution in [0.4, 0.5) is 0 Å². The minimum Gasteiger partial charge on any atom is -0.0917 e. The van der Waals surface area contributed by atoms with Crippen molar-refractivity contribution in [2.75, 3.05) is 0 Å². The average Bonchev–Trinajstić information content (AvgIpc) is 2.19. The molecule has 0 nitrogen and oxygen atoms in total. The van der Waals surface area contributed by atoms with Crippen LogP contribution in [-0.2, 0) is 0 Å². The van der Waals surface area contributed by atoms with Gasteiger partial charge in [-0.05, 0) is 25.7 Å². The summed E-state index contributed by atoms with van der Waals surface area (Å²) in [5.41, 5.74) is 0. The van der Waals surface area contributed by atoms with Crippen LogP contribution in [0.3, 0.4) is 0 Å². The minimum atomic E-state index is 1.08. The van der Waals surface area contributed by atoms with E-state index >= 15 is 0 Å². The van der Waals surface area contributed by atoms with Crippen LogP contribution in [0.5, 0.6) is 0 Å². The number of hydrogen-bond donors (Lipinski definition) is 0. The topological polar surface area (TPSA) is 0 Å². The van der Waals surface area contributed by atoms with Gasteiger partial charge in [-0.15, -0.1) is 0 Å². The largest absolute Gasteiger partial charge is 0.0917 e. The van der Waals surface area contributed by atoms with Gasteiger partial charge in [0.2, 0.25) is 0 Å². The van der Waals surface area contributed by atoms with Gasteiger partial charge in [-0.2, -0.15) is 0 Å². The zero-order valence-corrected chi connectivity index (χ0v) is 9.10. The number of rotatable bonds is 5. The van der Waals surface area contributed by atoms with E-state index in [4.69, 9.17) is 0 Å². The van der Waals surface area contributed by atoms with Crippen LogP contribution in [0.2, 0.25) is 0 Å². The molecule has 1 fully saturated rings. The van der Waals surface area contributed by atoms with Crippen LogP contribution >= 0.6 is 0 Å². The summed E-state index contributed by atoms with van der Waals surface area (Å²) in [5, 5.41) is 0. The maximum atomic E-state index is 2.29. The molecular formula is C13H24. The molecule has 1 rings (SSSR count). The first-order valence-corrected chi connectivity index (χ1v) is 6.04. The first-order valence-electron chi connectivity index (χ1n) is 6.04. The summed E-state index contributed by atoms with van der Waals surface area (Å²) in [7, 11) is 0. The summed E-state index contributed by atoms with van der Waals surface area (Å²) in [6, 6.07) is 0. The van der Waals surface area contributed by atoms with E-state index in [0.29, 0.717) is 0 Å². The Morgan fingerprint density at radius 3 is 2.54 bits per heavy atom. The molecule has 1 aliphatic carbocycles. The molecule has 0 amide bonds. The fourth-order valence-electron chi connectivity index (χ4n) is 2.34. The predicted octanol–water partition coefficient (Wildman–Crippen LogP) is 4.70. The van der Waals surface area contributed by atoms with Gasteiger partial charge in [0.15, 0.2) is 0 Å². The zero-order chi connectivity index (χ0) is 9.36. The summed E-state index contributed by atoms with van der Waals surface area (Å²) in [5.74, 6) is 1.08. The van der Waals surface area contributed by atoms with E-state index in [-0.39, 0.29) is 0 Å². The van der Waals surface area contributed by atoms with E-state index in [2.05, 4.69) is 19.1 Å². The van der Waals surface area contributed by atoms with Gasteiger partial charge in [-0.25, -0.2) is 0 Å². The second-order valence-corrected chi connectivity index (χ2v) is 4.36. The predicted molar refractivity (Wildman–Crippen MR) is 59.9 cm³/mol. The van der Waals surface area contributed by atoms with Gasteiger partial charge in [0.1, 0.15) is 0 Å². The molecule has 0 aromatic heterocycles. The van der Waals surface area contributed by atoms with Gasteiger partial charge in [0.05, 0.1) is 0 Å². The lowest BCUT2D eigenvalue weighted by atomic mass is 9.85. The zero-order valence-electron chi connectivity index (χ0n) is 9.10. The summed E-state index contributed by atoms with van der Waals surface area (Å²) in [4.78, 5) is 0. The van der Waals surface area contributed by atoms with E-state index in [1.807, 2.05) is 0 Å². The van der Waals surface area contributed by atoms with E-state index in [0.717, 1.165) is 5.92 Å². The van der Waals surface area contributed by atoms with Crippen molar-refractivity contribution in [2.24, 2.45) is 5.92 Å². The molecule has 0 spiro atoms. The van der Waals surface area contributed by atoms with Crippen LogP contribution in [0.25, 0.3) is 0 Å². The van der Waals surface area contributed by atoms with E-state index in [9.17, 15) is 0 Å². The SMILES string of the molecule is C/C=C\CCCCC1CCCCC1. The molecule has 0 radical (unpaired) electrons. The smallest absolute Gasteiger partial charge is 0.0351 e. The minimum absolute atomic E-state index is 1.08. The molecule has 0 unspecified atom stereocenters. The standard InChI is InChI=1S/C13H24/c1-2-3-4-5-7-10-13-11-8-6-9-12-13/h2-3,13H,4-12H2,1H3/b3-2-. The van der Waals surface area contributed by atoms with E-state index < -0.39 is 0 Å². The molecular weight excluding hydrogens is 156 g/mol. The van der Waals surface area contributed by atoms with Crippen molar-refractivity contribution in [1.82, 2.24) is 0 Å². The Morgan fingerprint density at radius 1 is 1.08 bits per heavy atom. The van der Waals surface area contributed by atoms with Crippen LogP contribution < -0.4 is 0 Å². The molecule has 0 saturated heterocycles. The van der Waals surface area contributed by atoms with Crippen molar-refractivity contribution in [3.8, 4) is 0 Å². The van der Waals surface area contributed by atoms with Crippen molar-refractivity contribution < 1.29 is 0 Å². The quantitative estimate of drug-likeness (QED) is 0.425. The highest BCUT2D eigenvalue weighted by molar-refractivity contribution is 4.76. The number of hydrogen-bond acceptors (Lipinski definition) is 0. The second kappa shape index (κ2) is 7.17.